The lowest BCUT2D eigenvalue weighted by Gasteiger charge is -2.17. The van der Waals surface area contributed by atoms with E-state index in [1.165, 1.54) is 0 Å². The molecular formula is C13H17F3IN. The van der Waals surface area contributed by atoms with Gasteiger partial charge < -0.3 is 5.32 Å². The molecule has 0 saturated carbocycles. The maximum Gasteiger partial charge on any atom is 0.389 e. The van der Waals surface area contributed by atoms with Gasteiger partial charge in [-0.05, 0) is 73.0 Å². The molecule has 0 aliphatic heterocycles. The average Bonchev–Trinajstić information content (AvgIpc) is 2.20. The molecule has 1 atom stereocenters. The Bertz CT molecular complexity index is 390. The molecule has 0 spiro atoms. The topological polar surface area (TPSA) is 12.0 Å². The Hall–Kier alpha value is -0.460. The van der Waals surface area contributed by atoms with Crippen LogP contribution in [0.4, 0.5) is 18.9 Å². The molecule has 0 aliphatic rings. The molecule has 0 radical (unpaired) electrons. The summed E-state index contributed by atoms with van der Waals surface area (Å²) in [5, 5.41) is 3.25. The summed E-state index contributed by atoms with van der Waals surface area (Å²) < 4.78 is 37.2. The van der Waals surface area contributed by atoms with E-state index in [1.54, 1.807) is 0 Å². The molecule has 0 heterocycles. The third-order valence-electron chi connectivity index (χ3n) is 2.69. The number of anilines is 1. The van der Waals surface area contributed by atoms with Gasteiger partial charge in [0.25, 0.3) is 0 Å². The second-order valence-corrected chi connectivity index (χ2v) is 5.76. The summed E-state index contributed by atoms with van der Waals surface area (Å²) in [6.45, 7) is 3.90. The van der Waals surface area contributed by atoms with Crippen LogP contribution in [-0.4, -0.2) is 12.2 Å². The van der Waals surface area contributed by atoms with Crippen molar-refractivity contribution in [2.24, 2.45) is 0 Å². The Labute approximate surface area is 119 Å². The van der Waals surface area contributed by atoms with Crippen LogP contribution in [0, 0.1) is 10.5 Å². The summed E-state index contributed by atoms with van der Waals surface area (Å²) in [5.74, 6) is 0. The molecule has 0 amide bonds. The fourth-order valence-electron chi connectivity index (χ4n) is 1.74. The molecule has 18 heavy (non-hydrogen) atoms. The molecule has 1 rings (SSSR count). The molecule has 0 aromatic heterocycles. The minimum Gasteiger partial charge on any atom is -0.382 e. The van der Waals surface area contributed by atoms with E-state index in [9.17, 15) is 13.2 Å². The standard InChI is InChI=1S/C13H17F3IN/c1-9-8-11(17)5-6-12(9)18-10(2)4-3-7-13(14,15)16/h5-6,8,10,18H,3-4,7H2,1-2H3. The van der Waals surface area contributed by atoms with E-state index in [1.807, 2.05) is 32.0 Å². The van der Waals surface area contributed by atoms with E-state index in [-0.39, 0.29) is 12.5 Å². The maximum atomic E-state index is 12.0. The number of nitrogens with one attached hydrogen (secondary N) is 1. The summed E-state index contributed by atoms with van der Waals surface area (Å²) in [4.78, 5) is 0. The van der Waals surface area contributed by atoms with Gasteiger partial charge in [0.1, 0.15) is 0 Å². The predicted octanol–water partition coefficient (Wildman–Crippen LogP) is 5.13. The smallest absolute Gasteiger partial charge is 0.382 e. The van der Waals surface area contributed by atoms with Crippen LogP contribution in [0.15, 0.2) is 18.2 Å². The number of halogens is 4. The Morgan fingerprint density at radius 3 is 2.56 bits per heavy atom. The summed E-state index contributed by atoms with van der Waals surface area (Å²) >= 11 is 2.23. The molecule has 1 unspecified atom stereocenters. The van der Waals surface area contributed by atoms with E-state index in [0.29, 0.717) is 6.42 Å². The van der Waals surface area contributed by atoms with Crippen LogP contribution in [0.1, 0.15) is 31.7 Å². The number of rotatable bonds is 5. The van der Waals surface area contributed by atoms with Crippen molar-refractivity contribution in [1.29, 1.82) is 0 Å². The second-order valence-electron chi connectivity index (χ2n) is 4.51. The molecule has 0 aliphatic carbocycles. The fraction of sp³-hybridized carbons (Fsp3) is 0.538. The van der Waals surface area contributed by atoms with Crippen molar-refractivity contribution < 1.29 is 13.2 Å². The summed E-state index contributed by atoms with van der Waals surface area (Å²) in [6.07, 6.45) is -4.06. The first kappa shape index (κ1) is 15.6. The zero-order chi connectivity index (χ0) is 13.8. The molecular weight excluding hydrogens is 354 g/mol. The first-order valence-electron chi connectivity index (χ1n) is 5.87. The quantitative estimate of drug-likeness (QED) is 0.708. The van der Waals surface area contributed by atoms with Crippen LogP contribution in [0.2, 0.25) is 0 Å². The number of hydrogen-bond donors (Lipinski definition) is 1. The van der Waals surface area contributed by atoms with Crippen molar-refractivity contribution in [2.75, 3.05) is 5.32 Å². The lowest BCUT2D eigenvalue weighted by molar-refractivity contribution is -0.135. The average molecular weight is 371 g/mol. The zero-order valence-electron chi connectivity index (χ0n) is 10.4. The number of benzene rings is 1. The molecule has 102 valence electrons. The minimum atomic E-state index is -4.04. The molecule has 0 bridgehead atoms. The number of alkyl halides is 3. The Morgan fingerprint density at radius 1 is 1.33 bits per heavy atom. The van der Waals surface area contributed by atoms with Crippen LogP contribution in [0.3, 0.4) is 0 Å². The van der Waals surface area contributed by atoms with Gasteiger partial charge in [0.05, 0.1) is 0 Å². The van der Waals surface area contributed by atoms with E-state index >= 15 is 0 Å². The zero-order valence-corrected chi connectivity index (χ0v) is 12.6. The van der Waals surface area contributed by atoms with Crippen molar-refractivity contribution in [3.63, 3.8) is 0 Å². The molecule has 1 N–H and O–H groups in total. The molecule has 5 heteroatoms. The summed E-state index contributed by atoms with van der Waals surface area (Å²) in [6, 6.07) is 6.05. The highest BCUT2D eigenvalue weighted by atomic mass is 127. The normalized spacial score (nSPS) is 13.4. The van der Waals surface area contributed by atoms with Crippen LogP contribution >= 0.6 is 22.6 Å². The van der Waals surface area contributed by atoms with E-state index in [4.69, 9.17) is 0 Å². The molecule has 0 fully saturated rings. The summed E-state index contributed by atoms with van der Waals surface area (Å²) in [7, 11) is 0. The van der Waals surface area contributed by atoms with Crippen molar-refractivity contribution in [3.05, 3.63) is 27.3 Å². The molecule has 1 aromatic carbocycles. The van der Waals surface area contributed by atoms with Gasteiger partial charge in [-0.25, -0.2) is 0 Å². The first-order valence-corrected chi connectivity index (χ1v) is 6.95. The van der Waals surface area contributed by atoms with Gasteiger partial charge in [-0.15, -0.1) is 0 Å². The van der Waals surface area contributed by atoms with Gasteiger partial charge in [0, 0.05) is 21.7 Å². The number of aryl methyl sites for hydroxylation is 1. The number of hydrogen-bond acceptors (Lipinski definition) is 1. The minimum absolute atomic E-state index is 0.0473. The van der Waals surface area contributed by atoms with Gasteiger partial charge in [0.2, 0.25) is 0 Å². The van der Waals surface area contributed by atoms with Gasteiger partial charge in [-0.3, -0.25) is 0 Å². The van der Waals surface area contributed by atoms with Crippen LogP contribution in [-0.2, 0) is 0 Å². The van der Waals surface area contributed by atoms with Gasteiger partial charge in [-0.2, -0.15) is 13.2 Å². The van der Waals surface area contributed by atoms with E-state index in [2.05, 4.69) is 27.9 Å². The Morgan fingerprint density at radius 2 is 2.00 bits per heavy atom. The van der Waals surface area contributed by atoms with Crippen LogP contribution < -0.4 is 5.32 Å². The van der Waals surface area contributed by atoms with Gasteiger partial charge in [0.15, 0.2) is 0 Å². The van der Waals surface area contributed by atoms with Gasteiger partial charge >= 0.3 is 6.18 Å². The molecule has 0 saturated heterocycles. The van der Waals surface area contributed by atoms with Gasteiger partial charge in [-0.1, -0.05) is 0 Å². The fourth-order valence-corrected chi connectivity index (χ4v) is 2.38. The van der Waals surface area contributed by atoms with Crippen molar-refractivity contribution >= 4 is 28.3 Å². The Kier molecular flexibility index (Phi) is 5.75. The highest BCUT2D eigenvalue weighted by Crippen LogP contribution is 2.24. The summed E-state index contributed by atoms with van der Waals surface area (Å²) in [5.41, 5.74) is 2.11. The van der Waals surface area contributed by atoms with Crippen molar-refractivity contribution in [2.45, 2.75) is 45.3 Å². The lowest BCUT2D eigenvalue weighted by Crippen LogP contribution is -2.17. The monoisotopic (exact) mass is 371 g/mol. The third-order valence-corrected chi connectivity index (χ3v) is 3.36. The molecule has 1 nitrogen and oxygen atoms in total. The van der Waals surface area contributed by atoms with E-state index < -0.39 is 12.6 Å². The third kappa shape index (κ3) is 5.93. The van der Waals surface area contributed by atoms with Crippen LogP contribution in [0.25, 0.3) is 0 Å². The first-order chi connectivity index (χ1) is 8.28. The predicted molar refractivity (Wildman–Crippen MR) is 76.9 cm³/mol. The largest absolute Gasteiger partial charge is 0.389 e. The van der Waals surface area contributed by atoms with Crippen LogP contribution in [0.5, 0.6) is 0 Å². The van der Waals surface area contributed by atoms with E-state index in [0.717, 1.165) is 14.8 Å². The lowest BCUT2D eigenvalue weighted by atomic mass is 10.1. The molecule has 1 aromatic rings. The maximum absolute atomic E-state index is 12.0. The highest BCUT2D eigenvalue weighted by Gasteiger charge is 2.26. The van der Waals surface area contributed by atoms with Crippen molar-refractivity contribution in [3.8, 4) is 0 Å². The SMILES string of the molecule is Cc1cc(I)ccc1NC(C)CCCC(F)(F)F. The Balaban J connectivity index is 2.42. The second kappa shape index (κ2) is 6.63. The van der Waals surface area contributed by atoms with Crippen molar-refractivity contribution in [1.82, 2.24) is 0 Å². The highest BCUT2D eigenvalue weighted by molar-refractivity contribution is 14.1.